The maximum Gasteiger partial charge on any atom is 0.240 e. The molecule has 1 saturated heterocycles. The summed E-state index contributed by atoms with van der Waals surface area (Å²) in [5.74, 6) is 0.263. The maximum atomic E-state index is 11.7. The Morgan fingerprint density at radius 3 is 2.40 bits per heavy atom. The Balaban J connectivity index is 2.02. The van der Waals surface area contributed by atoms with Gasteiger partial charge in [-0.05, 0) is 44.2 Å². The van der Waals surface area contributed by atoms with E-state index < -0.39 is 19.9 Å². The lowest BCUT2D eigenvalue weighted by atomic mass is 10.2. The van der Waals surface area contributed by atoms with Crippen LogP contribution in [0.2, 0.25) is 0 Å². The maximum absolute atomic E-state index is 11.7. The van der Waals surface area contributed by atoms with Gasteiger partial charge in [-0.25, -0.2) is 21.6 Å². The molecule has 6 nitrogen and oxygen atoms in total. The summed E-state index contributed by atoms with van der Waals surface area (Å²) >= 11 is 0. The second-order valence-corrected chi connectivity index (χ2v) is 9.03. The third kappa shape index (κ3) is 3.31. The zero-order valence-electron chi connectivity index (χ0n) is 11.2. The van der Waals surface area contributed by atoms with Gasteiger partial charge in [0.15, 0.2) is 9.84 Å². The molecule has 8 heteroatoms. The van der Waals surface area contributed by atoms with Gasteiger partial charge in [-0.2, -0.15) is 0 Å². The summed E-state index contributed by atoms with van der Waals surface area (Å²) in [5, 5.41) is 2.70. The van der Waals surface area contributed by atoms with Gasteiger partial charge in [-0.1, -0.05) is 0 Å². The first-order valence-electron chi connectivity index (χ1n) is 6.34. The summed E-state index contributed by atoms with van der Waals surface area (Å²) < 4.78 is 48.7. The summed E-state index contributed by atoms with van der Waals surface area (Å²) in [5.41, 5.74) is 0.710. The van der Waals surface area contributed by atoms with Crippen molar-refractivity contribution >= 4 is 25.5 Å². The van der Waals surface area contributed by atoms with Crippen LogP contribution in [0.25, 0.3) is 0 Å². The fourth-order valence-electron chi connectivity index (χ4n) is 2.19. The molecule has 112 valence electrons. The fourth-order valence-corrected chi connectivity index (χ4v) is 4.68. The molecule has 0 radical (unpaired) electrons. The van der Waals surface area contributed by atoms with Crippen molar-refractivity contribution in [2.24, 2.45) is 0 Å². The van der Waals surface area contributed by atoms with Crippen LogP contribution in [0.1, 0.15) is 12.8 Å². The van der Waals surface area contributed by atoms with Gasteiger partial charge < -0.3 is 5.32 Å². The molecule has 1 unspecified atom stereocenters. The molecule has 1 aliphatic rings. The van der Waals surface area contributed by atoms with Crippen LogP contribution in [0.3, 0.4) is 0 Å². The zero-order chi connectivity index (χ0) is 14.8. The van der Waals surface area contributed by atoms with Gasteiger partial charge in [0.2, 0.25) is 10.0 Å². The molecule has 0 bridgehead atoms. The van der Waals surface area contributed by atoms with Crippen molar-refractivity contribution < 1.29 is 16.8 Å². The Labute approximate surface area is 119 Å². The summed E-state index contributed by atoms with van der Waals surface area (Å²) in [6, 6.07) is 6.23. The minimum atomic E-state index is -3.44. The summed E-state index contributed by atoms with van der Waals surface area (Å²) in [6.07, 6.45) is 1.40. The normalized spacial score (nSPS) is 21.8. The average molecular weight is 318 g/mol. The largest absolute Gasteiger partial charge is 0.384 e. The van der Waals surface area contributed by atoms with Gasteiger partial charge in [0.25, 0.3) is 0 Å². The smallest absolute Gasteiger partial charge is 0.240 e. The van der Waals surface area contributed by atoms with E-state index in [-0.39, 0.29) is 15.9 Å². The quantitative estimate of drug-likeness (QED) is 0.828. The average Bonchev–Trinajstić information content (AvgIpc) is 2.76. The second kappa shape index (κ2) is 5.71. The lowest BCUT2D eigenvalue weighted by molar-refractivity contribution is 0.588. The highest BCUT2D eigenvalue weighted by Gasteiger charge is 2.30. The third-order valence-corrected chi connectivity index (χ3v) is 7.14. The minimum absolute atomic E-state index is 0.180. The van der Waals surface area contributed by atoms with Crippen molar-refractivity contribution in [2.45, 2.75) is 23.0 Å². The van der Waals surface area contributed by atoms with E-state index in [0.717, 1.165) is 0 Å². The lowest BCUT2D eigenvalue weighted by Crippen LogP contribution is -2.25. The molecule has 0 aliphatic carbocycles. The molecule has 0 aromatic heterocycles. The third-order valence-electron chi connectivity index (χ3n) is 3.43. The summed E-state index contributed by atoms with van der Waals surface area (Å²) in [4.78, 5) is 0.180. The van der Waals surface area contributed by atoms with Crippen molar-refractivity contribution in [2.75, 3.05) is 24.7 Å². The van der Waals surface area contributed by atoms with E-state index >= 15 is 0 Å². The molecule has 0 spiro atoms. The Bertz CT molecular complexity index is 666. The first-order valence-corrected chi connectivity index (χ1v) is 9.54. The Kier molecular flexibility index (Phi) is 4.36. The van der Waals surface area contributed by atoms with Gasteiger partial charge in [0.1, 0.15) is 0 Å². The van der Waals surface area contributed by atoms with E-state index in [1.807, 2.05) is 0 Å². The van der Waals surface area contributed by atoms with Gasteiger partial charge in [-0.15, -0.1) is 0 Å². The first-order chi connectivity index (χ1) is 9.35. The predicted molar refractivity (Wildman–Crippen MR) is 78.0 cm³/mol. The van der Waals surface area contributed by atoms with E-state index in [2.05, 4.69) is 10.0 Å². The molecule has 0 amide bonds. The van der Waals surface area contributed by atoms with E-state index in [1.54, 1.807) is 12.1 Å². The van der Waals surface area contributed by atoms with Crippen LogP contribution in [-0.2, 0) is 19.9 Å². The molecule has 0 saturated carbocycles. The van der Waals surface area contributed by atoms with Crippen LogP contribution < -0.4 is 10.0 Å². The number of sulfone groups is 1. The van der Waals surface area contributed by atoms with Crippen molar-refractivity contribution in [3.8, 4) is 0 Å². The van der Waals surface area contributed by atoms with Crippen molar-refractivity contribution in [3.05, 3.63) is 24.3 Å². The van der Waals surface area contributed by atoms with Crippen LogP contribution in [0.4, 0.5) is 5.69 Å². The molecule has 1 fully saturated rings. The van der Waals surface area contributed by atoms with Crippen molar-refractivity contribution in [1.82, 2.24) is 4.72 Å². The fraction of sp³-hybridized carbons (Fsp3) is 0.500. The minimum Gasteiger partial charge on any atom is -0.384 e. The van der Waals surface area contributed by atoms with Gasteiger partial charge >= 0.3 is 0 Å². The number of sulfonamides is 1. The van der Waals surface area contributed by atoms with Crippen LogP contribution >= 0.6 is 0 Å². The Morgan fingerprint density at radius 2 is 1.90 bits per heavy atom. The number of hydrogen-bond acceptors (Lipinski definition) is 5. The molecule has 1 aromatic carbocycles. The highest BCUT2D eigenvalue weighted by atomic mass is 32.2. The predicted octanol–water partition coefficient (Wildman–Crippen LogP) is 0.584. The molecule has 2 rings (SSSR count). The number of benzene rings is 1. The van der Waals surface area contributed by atoms with Crippen LogP contribution in [0.5, 0.6) is 0 Å². The molecule has 20 heavy (non-hydrogen) atoms. The highest BCUT2D eigenvalue weighted by Crippen LogP contribution is 2.21. The van der Waals surface area contributed by atoms with E-state index in [0.29, 0.717) is 25.1 Å². The standard InChI is InChI=1S/C12H18N2O4S2/c1-13-20(17,18)11-6-4-10(5-7-11)14-9-12-3-2-8-19(12,15)16/h4-7,12-14H,2-3,8-9H2,1H3. The van der Waals surface area contributed by atoms with Crippen molar-refractivity contribution in [3.63, 3.8) is 0 Å². The molecule has 1 atom stereocenters. The van der Waals surface area contributed by atoms with E-state index in [4.69, 9.17) is 0 Å². The Hall–Kier alpha value is -1.12. The van der Waals surface area contributed by atoms with Crippen molar-refractivity contribution in [1.29, 1.82) is 0 Å². The van der Waals surface area contributed by atoms with Crippen LogP contribution in [0, 0.1) is 0 Å². The molecule has 2 N–H and O–H groups in total. The Morgan fingerprint density at radius 1 is 1.25 bits per heavy atom. The van der Waals surface area contributed by atoms with Crippen LogP contribution in [0.15, 0.2) is 29.2 Å². The van der Waals surface area contributed by atoms with E-state index in [9.17, 15) is 16.8 Å². The SMILES string of the molecule is CNS(=O)(=O)c1ccc(NCC2CCCS2(=O)=O)cc1. The summed E-state index contributed by atoms with van der Waals surface area (Å²) in [6.45, 7) is 0.362. The van der Waals surface area contributed by atoms with Gasteiger partial charge in [0.05, 0.1) is 15.9 Å². The van der Waals surface area contributed by atoms with Gasteiger partial charge in [-0.3, -0.25) is 0 Å². The molecule has 1 aromatic rings. The summed E-state index contributed by atoms with van der Waals surface area (Å²) in [7, 11) is -5.05. The highest BCUT2D eigenvalue weighted by molar-refractivity contribution is 7.92. The van der Waals surface area contributed by atoms with E-state index in [1.165, 1.54) is 19.2 Å². The first kappa shape index (κ1) is 15.3. The number of rotatable bonds is 5. The molecular formula is C12H18N2O4S2. The molecule has 1 aliphatic heterocycles. The van der Waals surface area contributed by atoms with Gasteiger partial charge in [0, 0.05) is 12.2 Å². The second-order valence-electron chi connectivity index (χ2n) is 4.74. The topological polar surface area (TPSA) is 92.3 Å². The number of hydrogen-bond donors (Lipinski definition) is 2. The number of nitrogens with one attached hydrogen (secondary N) is 2. The molecular weight excluding hydrogens is 300 g/mol. The lowest BCUT2D eigenvalue weighted by Gasteiger charge is -2.12. The monoisotopic (exact) mass is 318 g/mol. The number of anilines is 1. The zero-order valence-corrected chi connectivity index (χ0v) is 12.8. The van der Waals surface area contributed by atoms with Crippen LogP contribution in [-0.4, -0.2) is 41.4 Å². The molecule has 1 heterocycles.